The Morgan fingerprint density at radius 2 is 1.38 bits per heavy atom. The molecular formula is C31H43NO8Si2. The van der Waals surface area contributed by atoms with Crippen LogP contribution in [0, 0.1) is 10.1 Å². The molecule has 3 aromatic rings. The minimum Gasteiger partial charge on any atom is -0.494 e. The van der Waals surface area contributed by atoms with Crippen molar-refractivity contribution in [2.24, 2.45) is 0 Å². The van der Waals surface area contributed by atoms with Crippen molar-refractivity contribution in [1.82, 2.24) is 0 Å². The molecule has 42 heavy (non-hydrogen) atoms. The molecule has 0 fully saturated rings. The van der Waals surface area contributed by atoms with Crippen molar-refractivity contribution in [1.29, 1.82) is 0 Å². The Morgan fingerprint density at radius 1 is 0.857 bits per heavy atom. The van der Waals surface area contributed by atoms with Gasteiger partial charge >= 0.3 is 11.7 Å². The summed E-state index contributed by atoms with van der Waals surface area (Å²) in [5.41, 5.74) is 1.95. The molecule has 0 aliphatic heterocycles. The minimum absolute atomic E-state index is 0. The number of carbonyl (C=O) groups excluding carboxylic acids is 2. The van der Waals surface area contributed by atoms with Gasteiger partial charge in [-0.25, -0.2) is 4.79 Å². The third-order valence-electron chi connectivity index (χ3n) is 5.76. The summed E-state index contributed by atoms with van der Waals surface area (Å²) < 4.78 is 22.3. The predicted octanol–water partition coefficient (Wildman–Crippen LogP) is 7.68. The topological polar surface area (TPSA) is 114 Å². The monoisotopic (exact) mass is 613 g/mol. The lowest BCUT2D eigenvalue weighted by Gasteiger charge is -2.31. The standard InChI is InChI=1S/C29H35NO8Si2.2CH4/c1-20(29(32)35-2)37-27-17-14-24(18-26(27)30(33)34)28(31)23-10-8-21(9-11-23)22-12-15-25(16-13-22)36-19-40(6,7)38-39(3,4)5;;/h8-18,20H,19H2,1-7H3;2*1H4. The van der Waals surface area contributed by atoms with Crippen LogP contribution in [0.15, 0.2) is 66.7 Å². The van der Waals surface area contributed by atoms with E-state index < -0.39 is 39.3 Å². The number of hydrogen-bond acceptors (Lipinski definition) is 8. The first kappa shape index (κ1) is 36.2. The number of methoxy groups -OCH3 is 1. The molecule has 228 valence electrons. The van der Waals surface area contributed by atoms with E-state index in [0.29, 0.717) is 11.8 Å². The molecule has 0 aliphatic carbocycles. The van der Waals surface area contributed by atoms with Gasteiger partial charge < -0.3 is 18.3 Å². The van der Waals surface area contributed by atoms with Gasteiger partial charge in [0.15, 0.2) is 26.0 Å². The Morgan fingerprint density at radius 3 is 1.88 bits per heavy atom. The van der Waals surface area contributed by atoms with E-state index in [1.807, 2.05) is 36.4 Å². The molecule has 0 radical (unpaired) electrons. The molecule has 0 spiro atoms. The van der Waals surface area contributed by atoms with Gasteiger partial charge in [0.2, 0.25) is 8.32 Å². The maximum absolute atomic E-state index is 13.1. The lowest BCUT2D eigenvalue weighted by atomic mass is 9.99. The van der Waals surface area contributed by atoms with Gasteiger partial charge in [-0.2, -0.15) is 0 Å². The number of nitro benzene ring substituents is 1. The van der Waals surface area contributed by atoms with Crippen LogP contribution in [-0.4, -0.2) is 52.8 Å². The number of esters is 1. The lowest BCUT2D eigenvalue weighted by molar-refractivity contribution is -0.386. The summed E-state index contributed by atoms with van der Waals surface area (Å²) in [6.07, 6.45) is -0.473. The largest absolute Gasteiger partial charge is 0.494 e. The number of hydrogen-bond donors (Lipinski definition) is 0. The van der Waals surface area contributed by atoms with Crippen LogP contribution in [0.2, 0.25) is 32.7 Å². The summed E-state index contributed by atoms with van der Waals surface area (Å²) in [4.78, 5) is 35.7. The number of rotatable bonds is 12. The van der Waals surface area contributed by atoms with Gasteiger partial charge in [-0.3, -0.25) is 14.9 Å². The molecule has 11 heteroatoms. The minimum atomic E-state index is -1.93. The van der Waals surface area contributed by atoms with Crippen LogP contribution in [-0.2, 0) is 13.6 Å². The molecular weight excluding hydrogens is 571 g/mol. The second-order valence-corrected chi connectivity index (χ2v) is 19.8. The SMILES string of the molecule is C.C.COC(=O)C(C)Oc1ccc(C(=O)c2ccc(-c3ccc(OC[Si](C)(C)O[Si](C)(C)C)cc3)cc2)cc1[N+](=O)[O-]. The highest BCUT2D eigenvalue weighted by Crippen LogP contribution is 2.30. The molecule has 0 aromatic heterocycles. The number of nitrogens with zero attached hydrogens (tertiary/aromatic N) is 1. The molecule has 0 heterocycles. The van der Waals surface area contributed by atoms with E-state index in [-0.39, 0.29) is 31.9 Å². The van der Waals surface area contributed by atoms with Gasteiger partial charge in [0.25, 0.3) is 0 Å². The highest BCUT2D eigenvalue weighted by molar-refractivity contribution is 6.84. The van der Waals surface area contributed by atoms with Gasteiger partial charge in [-0.1, -0.05) is 51.3 Å². The average molecular weight is 614 g/mol. The second kappa shape index (κ2) is 14.9. The molecule has 1 atom stereocenters. The van der Waals surface area contributed by atoms with Crippen LogP contribution in [0.3, 0.4) is 0 Å². The van der Waals surface area contributed by atoms with E-state index >= 15 is 0 Å². The maximum Gasteiger partial charge on any atom is 0.346 e. The molecule has 1 unspecified atom stereocenters. The lowest BCUT2D eigenvalue weighted by Crippen LogP contribution is -2.46. The fourth-order valence-electron chi connectivity index (χ4n) is 4.15. The van der Waals surface area contributed by atoms with Crippen molar-refractivity contribution < 1.29 is 32.8 Å². The van der Waals surface area contributed by atoms with Crippen LogP contribution >= 0.6 is 0 Å². The van der Waals surface area contributed by atoms with Gasteiger partial charge in [0.05, 0.1) is 12.0 Å². The van der Waals surface area contributed by atoms with Crippen LogP contribution < -0.4 is 9.47 Å². The molecule has 0 N–H and O–H groups in total. The smallest absolute Gasteiger partial charge is 0.346 e. The maximum atomic E-state index is 13.1. The number of carbonyl (C=O) groups is 2. The third kappa shape index (κ3) is 9.93. The Bertz CT molecular complexity index is 1370. The number of benzene rings is 3. The van der Waals surface area contributed by atoms with Gasteiger partial charge in [0, 0.05) is 17.2 Å². The molecule has 0 saturated carbocycles. The fourth-order valence-corrected chi connectivity index (χ4v) is 11.5. The van der Waals surface area contributed by atoms with Gasteiger partial charge in [0.1, 0.15) is 12.0 Å². The van der Waals surface area contributed by atoms with Crippen LogP contribution in [0.4, 0.5) is 5.69 Å². The Labute approximate surface area is 251 Å². The van der Waals surface area contributed by atoms with Crippen molar-refractivity contribution in [3.8, 4) is 22.6 Å². The van der Waals surface area contributed by atoms with E-state index in [4.69, 9.17) is 13.6 Å². The number of nitro groups is 1. The normalized spacial score (nSPS) is 11.8. The first-order chi connectivity index (χ1) is 18.7. The van der Waals surface area contributed by atoms with Crippen molar-refractivity contribution >= 4 is 34.1 Å². The molecule has 0 bridgehead atoms. The molecule has 9 nitrogen and oxygen atoms in total. The number of ether oxygens (including phenoxy) is 3. The number of ketones is 1. The molecule has 3 rings (SSSR count). The fraction of sp³-hybridized carbons (Fsp3) is 0.355. The highest BCUT2D eigenvalue weighted by atomic mass is 28.4. The Balaban J connectivity index is 0.00000441. The predicted molar refractivity (Wildman–Crippen MR) is 171 cm³/mol. The quantitative estimate of drug-likeness (QED) is 0.0672. The van der Waals surface area contributed by atoms with Crippen molar-refractivity contribution in [2.45, 2.75) is 60.6 Å². The zero-order chi connectivity index (χ0) is 29.7. The van der Waals surface area contributed by atoms with Crippen molar-refractivity contribution in [3.63, 3.8) is 0 Å². The highest BCUT2D eigenvalue weighted by Gasteiger charge is 2.30. The summed E-state index contributed by atoms with van der Waals surface area (Å²) in [7, 11) is -2.36. The molecule has 0 saturated heterocycles. The summed E-state index contributed by atoms with van der Waals surface area (Å²) in [6, 6.07) is 18.6. The summed E-state index contributed by atoms with van der Waals surface area (Å²) in [5.74, 6) is -0.408. The summed E-state index contributed by atoms with van der Waals surface area (Å²) >= 11 is 0. The van der Waals surface area contributed by atoms with E-state index in [9.17, 15) is 19.7 Å². The van der Waals surface area contributed by atoms with E-state index in [1.165, 1.54) is 26.2 Å². The van der Waals surface area contributed by atoms with Crippen molar-refractivity contribution in [2.75, 3.05) is 13.3 Å². The van der Waals surface area contributed by atoms with Gasteiger partial charge in [-0.15, -0.1) is 0 Å². The van der Waals surface area contributed by atoms with E-state index in [0.717, 1.165) is 22.9 Å². The van der Waals surface area contributed by atoms with E-state index in [2.05, 4.69) is 37.5 Å². The molecule has 0 aliphatic rings. The first-order valence-electron chi connectivity index (χ1n) is 12.8. The Hall–Kier alpha value is -3.81. The third-order valence-corrected chi connectivity index (χ3v) is 11.3. The first-order valence-corrected chi connectivity index (χ1v) is 19.3. The molecule has 3 aromatic carbocycles. The van der Waals surface area contributed by atoms with Crippen LogP contribution in [0.5, 0.6) is 11.5 Å². The van der Waals surface area contributed by atoms with E-state index in [1.54, 1.807) is 12.1 Å². The van der Waals surface area contributed by atoms with Crippen LogP contribution in [0.1, 0.15) is 37.7 Å². The van der Waals surface area contributed by atoms with Crippen LogP contribution in [0.25, 0.3) is 11.1 Å². The summed E-state index contributed by atoms with van der Waals surface area (Å²) in [6.45, 7) is 12.3. The Kier molecular flexibility index (Phi) is 12.8. The summed E-state index contributed by atoms with van der Waals surface area (Å²) in [5, 5.41) is 11.6. The molecule has 0 amide bonds. The second-order valence-electron chi connectivity index (χ2n) is 10.9. The zero-order valence-corrected chi connectivity index (χ0v) is 25.8. The van der Waals surface area contributed by atoms with Gasteiger partial charge in [-0.05, 0) is 75.1 Å². The van der Waals surface area contributed by atoms with Crippen molar-refractivity contribution in [3.05, 3.63) is 88.0 Å². The average Bonchev–Trinajstić information content (AvgIpc) is 2.90. The zero-order valence-electron chi connectivity index (χ0n) is 23.8.